The Morgan fingerprint density at radius 2 is 1.76 bits per heavy atom. The second-order valence-electron chi connectivity index (χ2n) is 5.86. The van der Waals surface area contributed by atoms with Crippen LogP contribution in [0.1, 0.15) is 56.3 Å². The lowest BCUT2D eigenvalue weighted by Crippen LogP contribution is -2.11. The maximum atomic E-state index is 12.5. The smallest absolute Gasteiger partial charge is 0.165 e. The topological polar surface area (TPSA) is 37.3 Å². The highest BCUT2D eigenvalue weighted by Gasteiger charge is 2.15. The molecule has 0 bridgehead atoms. The van der Waals surface area contributed by atoms with Gasteiger partial charge in [-0.1, -0.05) is 57.7 Å². The Balaban J connectivity index is 2.06. The molecule has 0 fully saturated rings. The number of phenols is 1. The molecular weight excluding hydrogens is 260 g/mol. The zero-order chi connectivity index (χ0) is 15.2. The Kier molecular flexibility index (Phi) is 5.38. The molecule has 0 amide bonds. The van der Waals surface area contributed by atoms with Gasteiger partial charge in [0.2, 0.25) is 0 Å². The summed E-state index contributed by atoms with van der Waals surface area (Å²) in [6.45, 7) is 4.22. The number of hydrogen-bond acceptors (Lipinski definition) is 2. The summed E-state index contributed by atoms with van der Waals surface area (Å²) in [4.78, 5) is 12.5. The van der Waals surface area contributed by atoms with Crippen molar-refractivity contribution in [2.24, 2.45) is 5.92 Å². The van der Waals surface area contributed by atoms with Crippen molar-refractivity contribution in [3.05, 3.63) is 42.0 Å². The van der Waals surface area contributed by atoms with E-state index in [1.807, 2.05) is 31.2 Å². The first-order valence-electron chi connectivity index (χ1n) is 7.89. The molecule has 2 aromatic carbocycles. The van der Waals surface area contributed by atoms with Crippen LogP contribution >= 0.6 is 0 Å². The molecule has 2 aromatic rings. The highest BCUT2D eigenvalue weighted by Crippen LogP contribution is 2.23. The molecule has 21 heavy (non-hydrogen) atoms. The first-order valence-corrected chi connectivity index (χ1v) is 7.89. The molecular formula is C19H24O2. The largest absolute Gasteiger partial charge is 0.508 e. The van der Waals surface area contributed by atoms with Gasteiger partial charge in [-0.05, 0) is 35.4 Å². The van der Waals surface area contributed by atoms with Crippen molar-refractivity contribution in [1.82, 2.24) is 0 Å². The summed E-state index contributed by atoms with van der Waals surface area (Å²) in [6.07, 6.45) is 5.78. The molecule has 0 radical (unpaired) electrons. The number of benzene rings is 2. The average Bonchev–Trinajstić information content (AvgIpc) is 2.50. The van der Waals surface area contributed by atoms with Crippen LogP contribution in [0.25, 0.3) is 10.8 Å². The van der Waals surface area contributed by atoms with E-state index in [9.17, 15) is 9.90 Å². The lowest BCUT2D eigenvalue weighted by atomic mass is 9.92. The highest BCUT2D eigenvalue weighted by molar-refractivity contribution is 6.01. The Morgan fingerprint density at radius 3 is 2.52 bits per heavy atom. The van der Waals surface area contributed by atoms with Crippen LogP contribution < -0.4 is 0 Å². The van der Waals surface area contributed by atoms with Crippen molar-refractivity contribution in [3.63, 3.8) is 0 Å². The molecule has 112 valence electrons. The minimum Gasteiger partial charge on any atom is -0.508 e. The van der Waals surface area contributed by atoms with E-state index in [-0.39, 0.29) is 17.5 Å². The summed E-state index contributed by atoms with van der Waals surface area (Å²) in [5.74, 6) is 0.559. The van der Waals surface area contributed by atoms with Crippen LogP contribution in [0, 0.1) is 5.92 Å². The van der Waals surface area contributed by atoms with Gasteiger partial charge in [-0.3, -0.25) is 4.79 Å². The Labute approximate surface area is 126 Å². The van der Waals surface area contributed by atoms with Crippen LogP contribution in [0.4, 0.5) is 0 Å². The Bertz CT molecular complexity index is 616. The summed E-state index contributed by atoms with van der Waals surface area (Å²) in [7, 11) is 0. The van der Waals surface area contributed by atoms with Gasteiger partial charge in [0.15, 0.2) is 5.78 Å². The number of carbonyl (C=O) groups excluding carboxylic acids is 1. The van der Waals surface area contributed by atoms with Gasteiger partial charge < -0.3 is 5.11 Å². The molecule has 0 aliphatic rings. The minimum atomic E-state index is 0.0800. The van der Waals surface area contributed by atoms with E-state index in [0.29, 0.717) is 0 Å². The molecule has 0 saturated heterocycles. The lowest BCUT2D eigenvalue weighted by molar-refractivity contribution is 0.0922. The molecule has 0 heterocycles. The number of Topliss-reactive ketones (excluding diaryl/α,β-unsaturated/α-hetero) is 1. The fourth-order valence-corrected chi connectivity index (χ4v) is 2.68. The molecule has 1 atom stereocenters. The Hall–Kier alpha value is -1.83. The zero-order valence-corrected chi connectivity index (χ0v) is 12.9. The SMILES string of the molecule is CCCCCCC(C)C(=O)c1ccc2cc(O)ccc2c1. The van der Waals surface area contributed by atoms with Gasteiger partial charge in [0.25, 0.3) is 0 Å². The standard InChI is InChI=1S/C19H24O2/c1-3-4-5-6-7-14(2)19(21)17-9-8-16-13-18(20)11-10-15(16)12-17/h8-14,20H,3-7H2,1-2H3. The highest BCUT2D eigenvalue weighted by atomic mass is 16.3. The third-order valence-electron chi connectivity index (χ3n) is 4.05. The van der Waals surface area contributed by atoms with Gasteiger partial charge in [-0.25, -0.2) is 0 Å². The molecule has 0 saturated carbocycles. The summed E-state index contributed by atoms with van der Waals surface area (Å²) >= 11 is 0. The fraction of sp³-hybridized carbons (Fsp3) is 0.421. The molecule has 0 aromatic heterocycles. The first kappa shape index (κ1) is 15.6. The van der Waals surface area contributed by atoms with Crippen molar-refractivity contribution < 1.29 is 9.90 Å². The predicted octanol–water partition coefficient (Wildman–Crippen LogP) is 5.33. The number of hydrogen-bond donors (Lipinski definition) is 1. The maximum absolute atomic E-state index is 12.5. The summed E-state index contributed by atoms with van der Waals surface area (Å²) in [5.41, 5.74) is 0.774. The van der Waals surface area contributed by atoms with Gasteiger partial charge in [-0.2, -0.15) is 0 Å². The monoisotopic (exact) mass is 284 g/mol. The van der Waals surface area contributed by atoms with Crippen molar-refractivity contribution in [1.29, 1.82) is 0 Å². The van der Waals surface area contributed by atoms with Crippen LogP contribution in [0.15, 0.2) is 36.4 Å². The molecule has 1 unspecified atom stereocenters. The number of ketones is 1. The summed E-state index contributed by atoms with van der Waals surface area (Å²) in [6, 6.07) is 10.9. The van der Waals surface area contributed by atoms with E-state index in [1.165, 1.54) is 19.3 Å². The van der Waals surface area contributed by atoms with Crippen molar-refractivity contribution in [2.75, 3.05) is 0 Å². The first-order chi connectivity index (χ1) is 10.1. The van der Waals surface area contributed by atoms with Gasteiger partial charge in [0, 0.05) is 11.5 Å². The van der Waals surface area contributed by atoms with E-state index in [0.717, 1.165) is 29.2 Å². The van der Waals surface area contributed by atoms with Gasteiger partial charge in [0.1, 0.15) is 5.75 Å². The minimum absolute atomic E-state index is 0.0800. The molecule has 0 aliphatic carbocycles. The summed E-state index contributed by atoms with van der Waals surface area (Å²) < 4.78 is 0. The number of carbonyl (C=O) groups is 1. The third kappa shape index (κ3) is 4.07. The number of unbranched alkanes of at least 4 members (excludes halogenated alkanes) is 3. The number of rotatable bonds is 7. The second kappa shape index (κ2) is 7.26. The van der Waals surface area contributed by atoms with Crippen LogP contribution in [0.5, 0.6) is 5.75 Å². The van der Waals surface area contributed by atoms with Gasteiger partial charge in [0.05, 0.1) is 0 Å². The van der Waals surface area contributed by atoms with Crippen LogP contribution in [-0.4, -0.2) is 10.9 Å². The van der Waals surface area contributed by atoms with E-state index in [2.05, 4.69) is 6.92 Å². The molecule has 2 heteroatoms. The second-order valence-corrected chi connectivity index (χ2v) is 5.86. The fourth-order valence-electron chi connectivity index (χ4n) is 2.68. The van der Waals surface area contributed by atoms with Gasteiger partial charge >= 0.3 is 0 Å². The predicted molar refractivity (Wildman–Crippen MR) is 87.9 cm³/mol. The average molecular weight is 284 g/mol. The molecule has 0 aliphatic heterocycles. The number of aromatic hydroxyl groups is 1. The van der Waals surface area contributed by atoms with E-state index >= 15 is 0 Å². The van der Waals surface area contributed by atoms with Crippen molar-refractivity contribution >= 4 is 16.6 Å². The lowest BCUT2D eigenvalue weighted by Gasteiger charge is -2.11. The molecule has 2 rings (SSSR count). The zero-order valence-electron chi connectivity index (χ0n) is 12.9. The quantitative estimate of drug-likeness (QED) is 0.551. The van der Waals surface area contributed by atoms with E-state index in [4.69, 9.17) is 0 Å². The Morgan fingerprint density at radius 1 is 1.05 bits per heavy atom. The molecule has 2 nitrogen and oxygen atoms in total. The van der Waals surface area contributed by atoms with Crippen LogP contribution in [0.2, 0.25) is 0 Å². The molecule has 0 spiro atoms. The third-order valence-corrected chi connectivity index (χ3v) is 4.05. The number of phenolic OH excluding ortho intramolecular Hbond substituents is 1. The number of fused-ring (bicyclic) bond motifs is 1. The maximum Gasteiger partial charge on any atom is 0.165 e. The summed E-state index contributed by atoms with van der Waals surface area (Å²) in [5, 5.41) is 11.4. The van der Waals surface area contributed by atoms with Crippen LogP contribution in [0.3, 0.4) is 0 Å². The van der Waals surface area contributed by atoms with Crippen molar-refractivity contribution in [2.45, 2.75) is 46.0 Å². The van der Waals surface area contributed by atoms with E-state index in [1.54, 1.807) is 12.1 Å². The molecule has 1 N–H and O–H groups in total. The normalized spacial score (nSPS) is 12.5. The van der Waals surface area contributed by atoms with Gasteiger partial charge in [-0.15, -0.1) is 0 Å². The van der Waals surface area contributed by atoms with E-state index < -0.39 is 0 Å². The van der Waals surface area contributed by atoms with Crippen molar-refractivity contribution in [3.8, 4) is 5.75 Å². The van der Waals surface area contributed by atoms with Crippen LogP contribution in [-0.2, 0) is 0 Å².